The van der Waals surface area contributed by atoms with Gasteiger partial charge in [0.2, 0.25) is 0 Å². The molecule has 0 atom stereocenters. The van der Waals surface area contributed by atoms with Gasteiger partial charge in [-0.15, -0.1) is 0 Å². The molecule has 0 N–H and O–H groups in total. The Kier molecular flexibility index (Phi) is 6.79. The Morgan fingerprint density at radius 1 is 1.20 bits per heavy atom. The van der Waals surface area contributed by atoms with Crippen LogP contribution in [0.15, 0.2) is 18.2 Å². The van der Waals surface area contributed by atoms with Crippen LogP contribution in [0.2, 0.25) is 0 Å². The normalized spacial score (nSPS) is 11.3. The quantitative estimate of drug-likeness (QED) is 0.674. The summed E-state index contributed by atoms with van der Waals surface area (Å²) in [5, 5.41) is 0. The number of carbonyl (C=O) groups excluding carboxylic acids is 1. The largest absolute Gasteiger partial charge is 0.296 e. The molecular formula is C16H23F2NO. The van der Waals surface area contributed by atoms with E-state index >= 15 is 0 Å². The fourth-order valence-corrected chi connectivity index (χ4v) is 2.22. The second-order valence-corrected chi connectivity index (χ2v) is 5.06. The van der Waals surface area contributed by atoms with Crippen LogP contribution in [0.4, 0.5) is 8.78 Å². The van der Waals surface area contributed by atoms with Gasteiger partial charge in [-0.05, 0) is 24.6 Å². The number of nitrogens with zero attached hydrogens (tertiary/aromatic N) is 1. The fraction of sp³-hybridized carbons (Fsp3) is 0.562. The molecule has 1 aromatic rings. The SMILES string of the molecule is CCC(CC)CN(CC)CC(=O)c1ccc(F)cc1F. The molecule has 1 rings (SSSR count). The number of ketones is 1. The van der Waals surface area contributed by atoms with Gasteiger partial charge < -0.3 is 0 Å². The maximum Gasteiger partial charge on any atom is 0.179 e. The molecule has 0 saturated carbocycles. The lowest BCUT2D eigenvalue weighted by Gasteiger charge is -2.24. The summed E-state index contributed by atoms with van der Waals surface area (Å²) < 4.78 is 26.4. The van der Waals surface area contributed by atoms with Crippen molar-refractivity contribution in [3.8, 4) is 0 Å². The van der Waals surface area contributed by atoms with E-state index in [1.165, 1.54) is 6.07 Å². The summed E-state index contributed by atoms with van der Waals surface area (Å²) in [5.41, 5.74) is -0.0330. The molecule has 112 valence electrons. The van der Waals surface area contributed by atoms with Crippen molar-refractivity contribution in [3.63, 3.8) is 0 Å². The average Bonchev–Trinajstić information content (AvgIpc) is 2.43. The molecule has 0 aliphatic heterocycles. The van der Waals surface area contributed by atoms with E-state index in [2.05, 4.69) is 13.8 Å². The Hall–Kier alpha value is -1.29. The number of likely N-dealkylation sites (N-methyl/N-ethyl adjacent to an activating group) is 1. The predicted octanol–water partition coefficient (Wildman–Crippen LogP) is 3.91. The highest BCUT2D eigenvalue weighted by atomic mass is 19.1. The van der Waals surface area contributed by atoms with Crippen molar-refractivity contribution in [2.24, 2.45) is 5.92 Å². The first kappa shape index (κ1) is 16.8. The van der Waals surface area contributed by atoms with Gasteiger partial charge in [0.15, 0.2) is 5.78 Å². The number of rotatable bonds is 8. The van der Waals surface area contributed by atoms with E-state index < -0.39 is 11.6 Å². The van der Waals surface area contributed by atoms with Crippen LogP contribution in [0.1, 0.15) is 44.0 Å². The summed E-state index contributed by atoms with van der Waals surface area (Å²) in [6.07, 6.45) is 2.12. The van der Waals surface area contributed by atoms with Gasteiger partial charge >= 0.3 is 0 Å². The molecule has 0 saturated heterocycles. The second-order valence-electron chi connectivity index (χ2n) is 5.06. The lowest BCUT2D eigenvalue weighted by Crippen LogP contribution is -2.34. The second kappa shape index (κ2) is 8.10. The Balaban J connectivity index is 2.71. The third kappa shape index (κ3) is 4.67. The fourth-order valence-electron chi connectivity index (χ4n) is 2.22. The molecular weight excluding hydrogens is 260 g/mol. The Labute approximate surface area is 119 Å². The Bertz CT molecular complexity index is 444. The van der Waals surface area contributed by atoms with E-state index in [1.807, 2.05) is 11.8 Å². The molecule has 0 fully saturated rings. The molecule has 20 heavy (non-hydrogen) atoms. The molecule has 0 heterocycles. The summed E-state index contributed by atoms with van der Waals surface area (Å²) in [7, 11) is 0. The zero-order valence-electron chi connectivity index (χ0n) is 12.5. The molecule has 0 bridgehead atoms. The Morgan fingerprint density at radius 3 is 2.35 bits per heavy atom. The average molecular weight is 283 g/mol. The molecule has 4 heteroatoms. The van der Waals surface area contributed by atoms with Gasteiger partial charge in [-0.3, -0.25) is 9.69 Å². The maximum atomic E-state index is 13.6. The van der Waals surface area contributed by atoms with Gasteiger partial charge in [-0.25, -0.2) is 8.78 Å². The highest BCUT2D eigenvalue weighted by molar-refractivity contribution is 5.97. The first-order valence-electron chi connectivity index (χ1n) is 7.22. The van der Waals surface area contributed by atoms with Crippen LogP contribution in [0.25, 0.3) is 0 Å². The Morgan fingerprint density at radius 2 is 1.85 bits per heavy atom. The van der Waals surface area contributed by atoms with Crippen LogP contribution in [0.5, 0.6) is 0 Å². The van der Waals surface area contributed by atoms with E-state index in [0.717, 1.165) is 38.1 Å². The maximum absolute atomic E-state index is 13.6. The monoisotopic (exact) mass is 283 g/mol. The summed E-state index contributed by atoms with van der Waals surface area (Å²) in [4.78, 5) is 14.1. The van der Waals surface area contributed by atoms with E-state index in [1.54, 1.807) is 0 Å². The van der Waals surface area contributed by atoms with Crippen molar-refractivity contribution in [1.29, 1.82) is 0 Å². The molecule has 0 aromatic heterocycles. The highest BCUT2D eigenvalue weighted by Gasteiger charge is 2.17. The predicted molar refractivity (Wildman–Crippen MR) is 76.9 cm³/mol. The van der Waals surface area contributed by atoms with Gasteiger partial charge in [0, 0.05) is 12.6 Å². The number of halogens is 2. The molecule has 0 amide bonds. The number of hydrogen-bond donors (Lipinski definition) is 0. The third-order valence-electron chi connectivity index (χ3n) is 3.72. The minimum atomic E-state index is -0.784. The summed E-state index contributed by atoms with van der Waals surface area (Å²) in [6, 6.07) is 3.09. The van der Waals surface area contributed by atoms with Gasteiger partial charge in [-0.2, -0.15) is 0 Å². The molecule has 0 aliphatic rings. The van der Waals surface area contributed by atoms with Crippen LogP contribution >= 0.6 is 0 Å². The van der Waals surface area contributed by atoms with Gasteiger partial charge in [0.05, 0.1) is 12.1 Å². The molecule has 0 radical (unpaired) electrons. The number of Topliss-reactive ketones (excluding diaryl/α,β-unsaturated/α-hetero) is 1. The summed E-state index contributed by atoms with van der Waals surface area (Å²) >= 11 is 0. The van der Waals surface area contributed by atoms with Crippen molar-refractivity contribution in [1.82, 2.24) is 4.90 Å². The topological polar surface area (TPSA) is 20.3 Å². The van der Waals surface area contributed by atoms with Crippen LogP contribution in [-0.4, -0.2) is 30.3 Å². The van der Waals surface area contributed by atoms with Crippen molar-refractivity contribution in [3.05, 3.63) is 35.4 Å². The standard InChI is InChI=1S/C16H23F2NO/c1-4-12(5-2)10-19(6-3)11-16(20)14-8-7-13(17)9-15(14)18/h7-9,12H,4-6,10-11H2,1-3H3. The van der Waals surface area contributed by atoms with E-state index in [4.69, 9.17) is 0 Å². The highest BCUT2D eigenvalue weighted by Crippen LogP contribution is 2.13. The van der Waals surface area contributed by atoms with Gasteiger partial charge in [0.1, 0.15) is 11.6 Å². The molecule has 0 unspecified atom stereocenters. The lowest BCUT2D eigenvalue weighted by atomic mass is 10.0. The number of benzene rings is 1. The van der Waals surface area contributed by atoms with Crippen molar-refractivity contribution >= 4 is 5.78 Å². The first-order valence-corrected chi connectivity index (χ1v) is 7.22. The van der Waals surface area contributed by atoms with Crippen molar-refractivity contribution in [2.45, 2.75) is 33.6 Å². The zero-order chi connectivity index (χ0) is 15.1. The van der Waals surface area contributed by atoms with Crippen LogP contribution in [0.3, 0.4) is 0 Å². The minimum absolute atomic E-state index is 0.0330. The van der Waals surface area contributed by atoms with Gasteiger partial charge in [0.25, 0.3) is 0 Å². The number of carbonyl (C=O) groups is 1. The van der Waals surface area contributed by atoms with E-state index in [-0.39, 0.29) is 17.9 Å². The summed E-state index contributed by atoms with van der Waals surface area (Å²) in [6.45, 7) is 7.99. The molecule has 2 nitrogen and oxygen atoms in total. The van der Waals surface area contributed by atoms with Crippen molar-refractivity contribution in [2.75, 3.05) is 19.6 Å². The summed E-state index contributed by atoms with van der Waals surface area (Å²) in [5.74, 6) is -1.20. The van der Waals surface area contributed by atoms with Crippen LogP contribution in [-0.2, 0) is 0 Å². The zero-order valence-corrected chi connectivity index (χ0v) is 12.5. The number of hydrogen-bond acceptors (Lipinski definition) is 2. The van der Waals surface area contributed by atoms with E-state index in [0.29, 0.717) is 5.92 Å². The third-order valence-corrected chi connectivity index (χ3v) is 3.72. The molecule has 1 aromatic carbocycles. The van der Waals surface area contributed by atoms with Crippen LogP contribution < -0.4 is 0 Å². The van der Waals surface area contributed by atoms with Crippen molar-refractivity contribution < 1.29 is 13.6 Å². The van der Waals surface area contributed by atoms with E-state index in [9.17, 15) is 13.6 Å². The van der Waals surface area contributed by atoms with Crippen LogP contribution in [0, 0.1) is 17.6 Å². The minimum Gasteiger partial charge on any atom is -0.296 e. The molecule has 0 spiro atoms. The lowest BCUT2D eigenvalue weighted by molar-refractivity contribution is 0.0916. The van der Waals surface area contributed by atoms with Gasteiger partial charge in [-0.1, -0.05) is 33.6 Å². The molecule has 0 aliphatic carbocycles. The first-order chi connectivity index (χ1) is 9.51. The smallest absolute Gasteiger partial charge is 0.179 e.